The summed E-state index contributed by atoms with van der Waals surface area (Å²) in [6.07, 6.45) is 0. The molecular weight excluding hydrogens is 306 g/mol. The lowest BCUT2D eigenvalue weighted by Crippen LogP contribution is -2.48. The lowest BCUT2D eigenvalue weighted by molar-refractivity contribution is -0.125. The molecule has 0 radical (unpaired) electrons. The number of hydrogen-bond acceptors (Lipinski definition) is 5. The number of nitrogens with one attached hydrogen (secondary N) is 2. The van der Waals surface area contributed by atoms with Crippen molar-refractivity contribution in [1.29, 1.82) is 0 Å². The Kier molecular flexibility index (Phi) is 6.48. The molecule has 124 valence electrons. The highest BCUT2D eigenvalue weighted by molar-refractivity contribution is 7.89. The van der Waals surface area contributed by atoms with Gasteiger partial charge >= 0.3 is 0 Å². The molecule has 0 unspecified atom stereocenters. The maximum absolute atomic E-state index is 12.0. The summed E-state index contributed by atoms with van der Waals surface area (Å²) in [6, 6.07) is 6.28. The van der Waals surface area contributed by atoms with Crippen molar-refractivity contribution in [3.05, 3.63) is 29.8 Å². The number of amides is 1. The summed E-state index contributed by atoms with van der Waals surface area (Å²) in [5.74, 6) is -0.273. The van der Waals surface area contributed by atoms with Crippen molar-refractivity contribution in [2.24, 2.45) is 5.73 Å². The van der Waals surface area contributed by atoms with Crippen molar-refractivity contribution >= 4 is 15.9 Å². The van der Waals surface area contributed by atoms with E-state index in [1.54, 1.807) is 26.0 Å². The molecule has 0 aromatic heterocycles. The Morgan fingerprint density at radius 3 is 2.36 bits per heavy atom. The number of hydrogen-bond donors (Lipinski definition) is 3. The van der Waals surface area contributed by atoms with Gasteiger partial charge in [-0.15, -0.1) is 0 Å². The third kappa shape index (κ3) is 5.72. The van der Waals surface area contributed by atoms with Gasteiger partial charge in [0.05, 0.1) is 17.0 Å². The molecular formula is C14H23N3O4S. The summed E-state index contributed by atoms with van der Waals surface area (Å²) in [5.41, 5.74) is 5.51. The molecule has 0 saturated heterocycles. The van der Waals surface area contributed by atoms with Gasteiger partial charge in [0.15, 0.2) is 0 Å². The van der Waals surface area contributed by atoms with Gasteiger partial charge in [0.2, 0.25) is 15.9 Å². The summed E-state index contributed by atoms with van der Waals surface area (Å²) in [5, 5.41) is 2.69. The maximum atomic E-state index is 12.0. The zero-order valence-electron chi connectivity index (χ0n) is 13.0. The van der Waals surface area contributed by atoms with Crippen LogP contribution in [-0.4, -0.2) is 40.1 Å². The lowest BCUT2D eigenvalue weighted by Gasteiger charge is -2.17. The van der Waals surface area contributed by atoms with Gasteiger partial charge in [-0.3, -0.25) is 4.79 Å². The van der Waals surface area contributed by atoms with E-state index in [1.165, 1.54) is 19.2 Å². The first kappa shape index (κ1) is 18.6. The molecule has 1 amide bonds. The first-order valence-corrected chi connectivity index (χ1v) is 8.30. The van der Waals surface area contributed by atoms with Crippen LogP contribution in [0.3, 0.4) is 0 Å². The summed E-state index contributed by atoms with van der Waals surface area (Å²) in [7, 11) is -2.04. The second kappa shape index (κ2) is 7.68. The Morgan fingerprint density at radius 1 is 1.27 bits per heavy atom. The number of ether oxygens (including phenoxy) is 1. The molecule has 0 aliphatic heterocycles. The number of nitrogens with two attached hydrogens (primary N) is 1. The molecule has 0 spiro atoms. The Balaban J connectivity index is 2.65. The molecule has 4 N–H and O–H groups in total. The summed E-state index contributed by atoms with van der Waals surface area (Å²) in [6.45, 7) is 4.03. The van der Waals surface area contributed by atoms with Crippen molar-refractivity contribution in [1.82, 2.24) is 10.0 Å². The molecule has 0 aliphatic rings. The van der Waals surface area contributed by atoms with Gasteiger partial charge in [0, 0.05) is 20.2 Å². The summed E-state index contributed by atoms with van der Waals surface area (Å²) < 4.78 is 31.1. The molecule has 1 aromatic rings. The van der Waals surface area contributed by atoms with Gasteiger partial charge < -0.3 is 15.8 Å². The lowest BCUT2D eigenvalue weighted by atomic mass is 10.1. The van der Waals surface area contributed by atoms with Crippen molar-refractivity contribution in [2.45, 2.75) is 30.8 Å². The van der Waals surface area contributed by atoms with Crippen molar-refractivity contribution < 1.29 is 17.9 Å². The van der Waals surface area contributed by atoms with Crippen LogP contribution in [0.2, 0.25) is 0 Å². The van der Waals surface area contributed by atoms with Crippen LogP contribution in [0.15, 0.2) is 29.2 Å². The van der Waals surface area contributed by atoms with E-state index in [0.29, 0.717) is 6.61 Å². The first-order valence-electron chi connectivity index (χ1n) is 6.81. The average molecular weight is 329 g/mol. The van der Waals surface area contributed by atoms with Gasteiger partial charge in [-0.1, -0.05) is 12.1 Å². The van der Waals surface area contributed by atoms with E-state index in [4.69, 9.17) is 10.5 Å². The minimum atomic E-state index is -3.54. The largest absolute Gasteiger partial charge is 0.383 e. The number of sulfonamides is 1. The van der Waals surface area contributed by atoms with E-state index in [0.717, 1.165) is 5.56 Å². The molecule has 0 heterocycles. The Morgan fingerprint density at radius 2 is 1.86 bits per heavy atom. The smallest absolute Gasteiger partial charge is 0.240 e. The minimum absolute atomic E-state index is 0.165. The highest BCUT2D eigenvalue weighted by atomic mass is 32.2. The number of methoxy groups -OCH3 is 1. The number of rotatable bonds is 8. The van der Waals surface area contributed by atoms with Crippen LogP contribution in [-0.2, 0) is 26.1 Å². The molecule has 22 heavy (non-hydrogen) atoms. The Hall–Kier alpha value is -1.48. The molecule has 1 rings (SSSR count). The topological polar surface area (TPSA) is 111 Å². The molecule has 8 heteroatoms. The number of carbonyl (C=O) groups is 1. The number of carbonyl (C=O) groups excluding carboxylic acids is 1. The molecule has 0 aliphatic carbocycles. The van der Waals surface area contributed by atoms with Crippen molar-refractivity contribution in [3.63, 3.8) is 0 Å². The standard InChI is InChI=1S/C14H23N3O4S/c1-14(2,15)13(18)16-10-11-4-6-12(7-5-11)22(19,20)17-8-9-21-3/h4-7,17H,8-10,15H2,1-3H3,(H,16,18). The normalized spacial score (nSPS) is 12.2. The average Bonchev–Trinajstić information content (AvgIpc) is 2.44. The number of benzene rings is 1. The zero-order valence-corrected chi connectivity index (χ0v) is 13.9. The highest BCUT2D eigenvalue weighted by Gasteiger charge is 2.21. The summed E-state index contributed by atoms with van der Waals surface area (Å²) >= 11 is 0. The van der Waals surface area contributed by atoms with Gasteiger partial charge in [-0.25, -0.2) is 13.1 Å². The SMILES string of the molecule is COCCNS(=O)(=O)c1ccc(CNC(=O)C(C)(C)N)cc1. The maximum Gasteiger partial charge on any atom is 0.240 e. The van der Waals surface area contributed by atoms with E-state index in [9.17, 15) is 13.2 Å². The quantitative estimate of drug-likeness (QED) is 0.580. The molecule has 7 nitrogen and oxygen atoms in total. The fraction of sp³-hybridized carbons (Fsp3) is 0.500. The van der Waals surface area contributed by atoms with Gasteiger partial charge in [-0.05, 0) is 31.5 Å². The minimum Gasteiger partial charge on any atom is -0.383 e. The highest BCUT2D eigenvalue weighted by Crippen LogP contribution is 2.10. The van der Waals surface area contributed by atoms with E-state index in [-0.39, 0.29) is 23.9 Å². The third-order valence-corrected chi connectivity index (χ3v) is 4.35. The van der Waals surface area contributed by atoms with Crippen LogP contribution in [0.25, 0.3) is 0 Å². The van der Waals surface area contributed by atoms with Crippen molar-refractivity contribution in [3.8, 4) is 0 Å². The first-order chi connectivity index (χ1) is 10.2. The molecule has 0 atom stereocenters. The zero-order chi connectivity index (χ0) is 16.8. The van der Waals surface area contributed by atoms with Crippen LogP contribution in [0.5, 0.6) is 0 Å². The molecule has 0 fully saturated rings. The van der Waals surface area contributed by atoms with E-state index in [2.05, 4.69) is 10.0 Å². The van der Waals surface area contributed by atoms with Crippen LogP contribution in [0.1, 0.15) is 19.4 Å². The predicted octanol–water partition coefficient (Wildman–Crippen LogP) is -0.0352. The summed E-state index contributed by atoms with van der Waals surface area (Å²) in [4.78, 5) is 11.8. The van der Waals surface area contributed by atoms with Gasteiger partial charge in [0.25, 0.3) is 0 Å². The van der Waals surface area contributed by atoms with E-state index < -0.39 is 15.6 Å². The van der Waals surface area contributed by atoms with Crippen LogP contribution >= 0.6 is 0 Å². The molecule has 1 aromatic carbocycles. The second-order valence-electron chi connectivity index (χ2n) is 5.44. The van der Waals surface area contributed by atoms with Crippen LogP contribution in [0, 0.1) is 0 Å². The molecule has 0 saturated carbocycles. The predicted molar refractivity (Wildman–Crippen MR) is 83.6 cm³/mol. The van der Waals surface area contributed by atoms with Crippen LogP contribution in [0.4, 0.5) is 0 Å². The Labute approximate surface area is 131 Å². The van der Waals surface area contributed by atoms with Gasteiger partial charge in [-0.2, -0.15) is 0 Å². The van der Waals surface area contributed by atoms with Crippen molar-refractivity contribution in [2.75, 3.05) is 20.3 Å². The Bertz CT molecular complexity index is 592. The molecule has 0 bridgehead atoms. The van der Waals surface area contributed by atoms with E-state index >= 15 is 0 Å². The van der Waals surface area contributed by atoms with Gasteiger partial charge in [0.1, 0.15) is 0 Å². The third-order valence-electron chi connectivity index (χ3n) is 2.87. The van der Waals surface area contributed by atoms with Crippen LogP contribution < -0.4 is 15.8 Å². The fourth-order valence-corrected chi connectivity index (χ4v) is 2.57. The monoisotopic (exact) mass is 329 g/mol. The van der Waals surface area contributed by atoms with E-state index in [1.807, 2.05) is 0 Å². The fourth-order valence-electron chi connectivity index (χ4n) is 1.56. The second-order valence-corrected chi connectivity index (χ2v) is 7.21.